The molecule has 134 valence electrons. The number of carbonyl (C=O) groups excluding carboxylic acids is 2. The van der Waals surface area contributed by atoms with Gasteiger partial charge in [-0.25, -0.2) is 4.79 Å². The van der Waals surface area contributed by atoms with Crippen molar-refractivity contribution in [1.29, 1.82) is 0 Å². The van der Waals surface area contributed by atoms with Gasteiger partial charge in [-0.05, 0) is 62.9 Å². The Morgan fingerprint density at radius 3 is 2.72 bits per heavy atom. The van der Waals surface area contributed by atoms with Crippen LogP contribution in [0.25, 0.3) is 0 Å². The van der Waals surface area contributed by atoms with Gasteiger partial charge < -0.3 is 4.90 Å². The van der Waals surface area contributed by atoms with Crippen LogP contribution < -0.4 is 0 Å². The van der Waals surface area contributed by atoms with Crippen LogP contribution in [-0.4, -0.2) is 59.4 Å². The zero-order chi connectivity index (χ0) is 17.6. The van der Waals surface area contributed by atoms with Gasteiger partial charge in [0, 0.05) is 23.7 Å². The summed E-state index contributed by atoms with van der Waals surface area (Å²) in [7, 11) is 2.11. The van der Waals surface area contributed by atoms with E-state index in [9.17, 15) is 9.59 Å². The molecule has 3 aliphatic rings. The lowest BCUT2D eigenvalue weighted by Crippen LogP contribution is -2.44. The van der Waals surface area contributed by atoms with Gasteiger partial charge in [-0.1, -0.05) is 23.7 Å². The topological polar surface area (TPSA) is 43.9 Å². The van der Waals surface area contributed by atoms with Crippen molar-refractivity contribution in [1.82, 2.24) is 14.7 Å². The zero-order valence-corrected chi connectivity index (χ0v) is 15.3. The van der Waals surface area contributed by atoms with Crippen molar-refractivity contribution in [3.8, 4) is 0 Å². The maximum absolute atomic E-state index is 12.6. The average molecular weight is 362 g/mol. The minimum absolute atomic E-state index is 0.0463. The summed E-state index contributed by atoms with van der Waals surface area (Å²) in [5, 5.41) is 0.725. The molecule has 4 rings (SSSR count). The molecule has 0 radical (unpaired) electrons. The SMILES string of the molecule is CN1CCC[C@@H](CN2C(=O)CN(C3CC3)C2=O)[C@H]1c1cccc(Cl)c1. The molecule has 6 heteroatoms. The molecule has 5 nitrogen and oxygen atoms in total. The van der Waals surface area contributed by atoms with Crippen molar-refractivity contribution in [3.63, 3.8) is 0 Å². The molecule has 3 fully saturated rings. The first-order valence-electron chi connectivity index (χ1n) is 9.11. The van der Waals surface area contributed by atoms with E-state index in [-0.39, 0.29) is 30.4 Å². The van der Waals surface area contributed by atoms with Crippen molar-refractivity contribution in [3.05, 3.63) is 34.9 Å². The van der Waals surface area contributed by atoms with Crippen LogP contribution in [0.3, 0.4) is 0 Å². The largest absolute Gasteiger partial charge is 0.327 e. The first-order chi connectivity index (χ1) is 12.0. The summed E-state index contributed by atoms with van der Waals surface area (Å²) in [6.07, 6.45) is 4.16. The Morgan fingerprint density at radius 2 is 2.00 bits per heavy atom. The molecular formula is C19H24ClN3O2. The average Bonchev–Trinajstić information content (AvgIpc) is 3.37. The Kier molecular flexibility index (Phi) is 4.46. The number of benzene rings is 1. The van der Waals surface area contributed by atoms with Crippen LogP contribution >= 0.6 is 11.6 Å². The normalized spacial score (nSPS) is 28.1. The van der Waals surface area contributed by atoms with Crippen molar-refractivity contribution < 1.29 is 9.59 Å². The van der Waals surface area contributed by atoms with E-state index >= 15 is 0 Å². The van der Waals surface area contributed by atoms with Gasteiger partial charge in [0.25, 0.3) is 0 Å². The molecular weight excluding hydrogens is 338 g/mol. The maximum atomic E-state index is 12.6. The molecule has 1 aromatic carbocycles. The van der Waals surface area contributed by atoms with Crippen LogP contribution in [0.15, 0.2) is 24.3 Å². The Balaban J connectivity index is 1.55. The second-order valence-electron chi connectivity index (χ2n) is 7.53. The van der Waals surface area contributed by atoms with Gasteiger partial charge in [-0.15, -0.1) is 0 Å². The molecule has 2 atom stereocenters. The minimum Gasteiger partial charge on any atom is -0.312 e. The lowest BCUT2D eigenvalue weighted by molar-refractivity contribution is -0.126. The molecule has 1 aliphatic carbocycles. The molecule has 3 amide bonds. The summed E-state index contributed by atoms with van der Waals surface area (Å²) in [6, 6.07) is 8.33. The Hall–Kier alpha value is -1.59. The summed E-state index contributed by atoms with van der Waals surface area (Å²) < 4.78 is 0. The molecule has 0 unspecified atom stereocenters. The molecule has 1 aromatic rings. The fourth-order valence-electron chi connectivity index (χ4n) is 4.31. The second-order valence-corrected chi connectivity index (χ2v) is 7.97. The number of rotatable bonds is 4. The second kappa shape index (κ2) is 6.61. The summed E-state index contributed by atoms with van der Waals surface area (Å²) in [5.74, 6) is 0.194. The first-order valence-corrected chi connectivity index (χ1v) is 9.49. The maximum Gasteiger partial charge on any atom is 0.327 e. The van der Waals surface area contributed by atoms with Gasteiger partial charge >= 0.3 is 6.03 Å². The molecule has 0 N–H and O–H groups in total. The third kappa shape index (κ3) is 3.27. The van der Waals surface area contributed by atoms with Crippen LogP contribution in [0.2, 0.25) is 5.02 Å². The predicted molar refractivity (Wildman–Crippen MR) is 96.4 cm³/mol. The van der Waals surface area contributed by atoms with Gasteiger partial charge in [-0.2, -0.15) is 0 Å². The van der Waals surface area contributed by atoms with Crippen LogP contribution in [-0.2, 0) is 4.79 Å². The van der Waals surface area contributed by atoms with Crippen LogP contribution in [0.1, 0.15) is 37.3 Å². The van der Waals surface area contributed by atoms with Crippen molar-refractivity contribution in [2.24, 2.45) is 5.92 Å². The summed E-state index contributed by atoms with van der Waals surface area (Å²) in [6.45, 7) is 1.78. The highest BCUT2D eigenvalue weighted by molar-refractivity contribution is 6.30. The van der Waals surface area contributed by atoms with E-state index in [2.05, 4.69) is 18.0 Å². The van der Waals surface area contributed by atoms with Gasteiger partial charge in [0.1, 0.15) is 6.54 Å². The van der Waals surface area contributed by atoms with Crippen molar-refractivity contribution in [2.45, 2.75) is 37.8 Å². The molecule has 0 aromatic heterocycles. The summed E-state index contributed by atoms with van der Waals surface area (Å²) >= 11 is 6.19. The number of piperidine rings is 1. The van der Waals surface area contributed by atoms with Crippen LogP contribution in [0.5, 0.6) is 0 Å². The van der Waals surface area contributed by atoms with E-state index in [1.165, 1.54) is 4.90 Å². The fourth-order valence-corrected chi connectivity index (χ4v) is 4.51. The number of hydrogen-bond donors (Lipinski definition) is 0. The van der Waals surface area contributed by atoms with E-state index in [0.29, 0.717) is 12.6 Å². The molecule has 2 saturated heterocycles. The third-order valence-corrected chi connectivity index (χ3v) is 5.92. The molecule has 25 heavy (non-hydrogen) atoms. The predicted octanol–water partition coefficient (Wildman–Crippen LogP) is 3.15. The lowest BCUT2D eigenvalue weighted by Gasteiger charge is -2.40. The monoisotopic (exact) mass is 361 g/mol. The number of carbonyl (C=O) groups is 2. The Labute approximate surface area is 153 Å². The van der Waals surface area contributed by atoms with Crippen molar-refractivity contribution >= 4 is 23.5 Å². The van der Waals surface area contributed by atoms with Crippen LogP contribution in [0.4, 0.5) is 4.79 Å². The number of hydrogen-bond acceptors (Lipinski definition) is 3. The third-order valence-electron chi connectivity index (χ3n) is 5.69. The van der Waals surface area contributed by atoms with Gasteiger partial charge in [0.05, 0.1) is 0 Å². The molecule has 0 bridgehead atoms. The summed E-state index contributed by atoms with van der Waals surface area (Å²) in [4.78, 5) is 30.6. The quantitative estimate of drug-likeness (QED) is 0.774. The number of nitrogens with zero attached hydrogens (tertiary/aromatic N) is 3. The smallest absolute Gasteiger partial charge is 0.312 e. The van der Waals surface area contributed by atoms with Crippen LogP contribution in [0, 0.1) is 5.92 Å². The highest BCUT2D eigenvalue weighted by atomic mass is 35.5. The number of amides is 3. The molecule has 0 spiro atoms. The lowest BCUT2D eigenvalue weighted by atomic mass is 9.84. The number of urea groups is 1. The van der Waals surface area contributed by atoms with E-state index in [1.807, 2.05) is 18.2 Å². The van der Waals surface area contributed by atoms with Crippen molar-refractivity contribution in [2.75, 3.05) is 26.7 Å². The van der Waals surface area contributed by atoms with Gasteiger partial charge in [0.15, 0.2) is 0 Å². The number of imide groups is 1. The highest BCUT2D eigenvalue weighted by Gasteiger charge is 2.45. The highest BCUT2D eigenvalue weighted by Crippen LogP contribution is 2.38. The minimum atomic E-state index is -0.0921. The van der Waals surface area contributed by atoms with E-state index < -0.39 is 0 Å². The standard InChI is InChI=1S/C19H24ClN3O2/c1-21-9-3-5-14(18(21)13-4-2-6-15(20)10-13)11-23-17(24)12-22(19(23)25)16-7-8-16/h2,4,6,10,14,16,18H,3,5,7-9,11-12H2,1H3/t14-,18+/m0/s1. The number of likely N-dealkylation sites (tertiary alicyclic amines) is 1. The molecule has 2 heterocycles. The molecule has 2 aliphatic heterocycles. The zero-order valence-electron chi connectivity index (χ0n) is 14.5. The summed E-state index contributed by atoms with van der Waals surface area (Å²) in [5.41, 5.74) is 1.16. The van der Waals surface area contributed by atoms with Gasteiger partial charge in [0.2, 0.25) is 5.91 Å². The Morgan fingerprint density at radius 1 is 1.20 bits per heavy atom. The number of halogens is 1. The first kappa shape index (κ1) is 16.9. The van der Waals surface area contributed by atoms with E-state index in [0.717, 1.165) is 42.8 Å². The molecule has 1 saturated carbocycles. The Bertz CT molecular complexity index is 691. The fraction of sp³-hybridized carbons (Fsp3) is 0.579. The van der Waals surface area contributed by atoms with Gasteiger partial charge in [-0.3, -0.25) is 14.6 Å². The van der Waals surface area contributed by atoms with E-state index in [4.69, 9.17) is 11.6 Å². The van der Waals surface area contributed by atoms with E-state index in [1.54, 1.807) is 4.90 Å².